The molecule has 2 unspecified atom stereocenters. The number of piperidine rings is 1. The molecule has 21 heavy (non-hydrogen) atoms. The lowest BCUT2D eigenvalue weighted by Gasteiger charge is -2.37. The van der Waals surface area contributed by atoms with Crippen molar-refractivity contribution in [2.24, 2.45) is 11.5 Å². The van der Waals surface area contributed by atoms with Gasteiger partial charge < -0.3 is 16.4 Å². The lowest BCUT2D eigenvalue weighted by molar-refractivity contribution is 0.100. The summed E-state index contributed by atoms with van der Waals surface area (Å²) >= 11 is 0. The smallest absolute Gasteiger partial charge is 0.249 e. The Kier molecular flexibility index (Phi) is 3.51. The van der Waals surface area contributed by atoms with Gasteiger partial charge in [-0.3, -0.25) is 4.79 Å². The van der Waals surface area contributed by atoms with Gasteiger partial charge in [0.05, 0.1) is 11.1 Å². The van der Waals surface area contributed by atoms with Crippen LogP contribution in [0.25, 0.3) is 10.9 Å². The van der Waals surface area contributed by atoms with Gasteiger partial charge in [0.25, 0.3) is 0 Å². The van der Waals surface area contributed by atoms with E-state index in [9.17, 15) is 4.79 Å². The van der Waals surface area contributed by atoms with Gasteiger partial charge in [-0.25, -0.2) is 4.98 Å². The number of hydrogen-bond acceptors (Lipinski definition) is 4. The molecule has 1 amide bonds. The number of benzene rings is 1. The molecule has 1 fully saturated rings. The fourth-order valence-corrected chi connectivity index (χ4v) is 3.06. The van der Waals surface area contributed by atoms with Crippen LogP contribution in [0.3, 0.4) is 0 Å². The van der Waals surface area contributed by atoms with Gasteiger partial charge in [-0.1, -0.05) is 18.2 Å². The van der Waals surface area contributed by atoms with Gasteiger partial charge in [-0.15, -0.1) is 0 Å². The maximum absolute atomic E-state index is 11.7. The normalized spacial score (nSPS) is 22.5. The van der Waals surface area contributed by atoms with Crippen molar-refractivity contribution >= 4 is 22.6 Å². The summed E-state index contributed by atoms with van der Waals surface area (Å²) in [5, 5.41) is 0.801. The third-order valence-corrected chi connectivity index (χ3v) is 4.18. The molecule has 4 N–H and O–H groups in total. The number of primary amides is 1. The Morgan fingerprint density at radius 3 is 2.86 bits per heavy atom. The Bertz CT molecular complexity index is 685. The van der Waals surface area contributed by atoms with Crippen molar-refractivity contribution in [1.82, 2.24) is 4.98 Å². The van der Waals surface area contributed by atoms with Crippen molar-refractivity contribution in [2.75, 3.05) is 11.4 Å². The summed E-state index contributed by atoms with van der Waals surface area (Å²) in [6.07, 6.45) is 1.87. The van der Waals surface area contributed by atoms with Crippen LogP contribution in [0.1, 0.15) is 30.1 Å². The molecule has 1 aromatic heterocycles. The van der Waals surface area contributed by atoms with Crippen LogP contribution >= 0.6 is 0 Å². The van der Waals surface area contributed by atoms with Gasteiger partial charge in [-0.05, 0) is 31.9 Å². The first-order valence-electron chi connectivity index (χ1n) is 7.28. The fraction of sp³-hybridized carbons (Fsp3) is 0.375. The number of fused-ring (bicyclic) bond motifs is 1. The number of hydrogen-bond donors (Lipinski definition) is 2. The van der Waals surface area contributed by atoms with E-state index in [2.05, 4.69) is 11.8 Å². The molecule has 0 spiro atoms. The number of anilines is 1. The molecule has 0 aliphatic carbocycles. The van der Waals surface area contributed by atoms with Gasteiger partial charge in [0, 0.05) is 24.0 Å². The van der Waals surface area contributed by atoms with Crippen molar-refractivity contribution < 1.29 is 4.79 Å². The van der Waals surface area contributed by atoms with Gasteiger partial charge in [-0.2, -0.15) is 0 Å². The number of nitrogens with zero attached hydrogens (tertiary/aromatic N) is 2. The zero-order chi connectivity index (χ0) is 15.0. The van der Waals surface area contributed by atoms with Crippen LogP contribution in [0.4, 0.5) is 5.82 Å². The van der Waals surface area contributed by atoms with Gasteiger partial charge in [0.1, 0.15) is 5.82 Å². The molecule has 2 aromatic rings. The highest BCUT2D eigenvalue weighted by atomic mass is 16.1. The number of nitrogens with two attached hydrogens (primary N) is 2. The minimum atomic E-state index is -0.420. The quantitative estimate of drug-likeness (QED) is 0.878. The van der Waals surface area contributed by atoms with E-state index in [0.29, 0.717) is 11.6 Å². The Morgan fingerprint density at radius 1 is 1.38 bits per heavy atom. The van der Waals surface area contributed by atoms with Crippen molar-refractivity contribution in [3.8, 4) is 0 Å². The molecule has 3 rings (SSSR count). The van der Waals surface area contributed by atoms with Crippen LogP contribution in [0, 0.1) is 0 Å². The molecule has 110 valence electrons. The van der Waals surface area contributed by atoms with E-state index in [-0.39, 0.29) is 6.04 Å². The molecule has 2 heterocycles. The number of rotatable bonds is 2. The summed E-state index contributed by atoms with van der Waals surface area (Å²) in [7, 11) is 0. The van der Waals surface area contributed by atoms with Crippen LogP contribution in [0.2, 0.25) is 0 Å². The third-order valence-electron chi connectivity index (χ3n) is 4.18. The lowest BCUT2D eigenvalue weighted by Crippen LogP contribution is -2.46. The van der Waals surface area contributed by atoms with Crippen molar-refractivity contribution in [3.63, 3.8) is 0 Å². The standard InChI is InChI=1S/C16H20N4O/c1-10-8-11(17)6-7-20(10)15-9-13(16(18)21)12-4-2-3-5-14(12)19-15/h2-5,9-11H,6-8,17H2,1H3,(H2,18,21). The first-order chi connectivity index (χ1) is 10.1. The highest BCUT2D eigenvalue weighted by Crippen LogP contribution is 2.27. The number of aromatic nitrogens is 1. The predicted octanol–water partition coefficient (Wildman–Crippen LogP) is 1.65. The molecule has 1 saturated heterocycles. The van der Waals surface area contributed by atoms with E-state index in [4.69, 9.17) is 16.5 Å². The van der Waals surface area contributed by atoms with Crippen LogP contribution in [0.5, 0.6) is 0 Å². The number of pyridine rings is 1. The molecule has 1 aliphatic rings. The van der Waals surface area contributed by atoms with Crippen molar-refractivity contribution in [2.45, 2.75) is 31.8 Å². The second-order valence-corrected chi connectivity index (χ2v) is 5.74. The summed E-state index contributed by atoms with van der Waals surface area (Å²) in [4.78, 5) is 18.6. The summed E-state index contributed by atoms with van der Waals surface area (Å²) in [6.45, 7) is 2.99. The Labute approximate surface area is 123 Å². The molecule has 0 radical (unpaired) electrons. The summed E-state index contributed by atoms with van der Waals surface area (Å²) in [5.41, 5.74) is 12.9. The predicted molar refractivity (Wildman–Crippen MR) is 84.3 cm³/mol. The molecule has 5 nitrogen and oxygen atoms in total. The van der Waals surface area contributed by atoms with Gasteiger partial charge in [0.15, 0.2) is 0 Å². The summed E-state index contributed by atoms with van der Waals surface area (Å²) in [6, 6.07) is 9.94. The number of amides is 1. The molecule has 2 atom stereocenters. The van der Waals surface area contributed by atoms with E-state index in [1.165, 1.54) is 0 Å². The zero-order valence-electron chi connectivity index (χ0n) is 12.1. The zero-order valence-corrected chi connectivity index (χ0v) is 12.1. The van der Waals surface area contributed by atoms with Crippen LogP contribution in [-0.2, 0) is 0 Å². The molecule has 0 bridgehead atoms. The minimum absolute atomic E-state index is 0.243. The Morgan fingerprint density at radius 2 is 2.14 bits per heavy atom. The van der Waals surface area contributed by atoms with Crippen molar-refractivity contribution in [1.29, 1.82) is 0 Å². The van der Waals surface area contributed by atoms with Crippen LogP contribution in [-0.4, -0.2) is 29.5 Å². The van der Waals surface area contributed by atoms with E-state index in [0.717, 1.165) is 36.1 Å². The molecular formula is C16H20N4O. The number of carbonyl (C=O) groups excluding carboxylic acids is 1. The second kappa shape index (κ2) is 5.33. The fourth-order valence-electron chi connectivity index (χ4n) is 3.06. The van der Waals surface area contributed by atoms with E-state index >= 15 is 0 Å². The first-order valence-corrected chi connectivity index (χ1v) is 7.28. The topological polar surface area (TPSA) is 85.2 Å². The first kappa shape index (κ1) is 13.8. The molecule has 5 heteroatoms. The maximum atomic E-state index is 11.7. The summed E-state index contributed by atoms with van der Waals surface area (Å²) < 4.78 is 0. The summed E-state index contributed by atoms with van der Waals surface area (Å²) in [5.74, 6) is 0.387. The van der Waals surface area contributed by atoms with E-state index in [1.807, 2.05) is 24.3 Å². The van der Waals surface area contributed by atoms with E-state index in [1.54, 1.807) is 6.07 Å². The monoisotopic (exact) mass is 284 g/mol. The van der Waals surface area contributed by atoms with Gasteiger partial charge in [0.2, 0.25) is 5.91 Å². The third kappa shape index (κ3) is 2.56. The molecular weight excluding hydrogens is 264 g/mol. The maximum Gasteiger partial charge on any atom is 0.249 e. The Hall–Kier alpha value is -2.14. The number of para-hydroxylation sites is 1. The van der Waals surface area contributed by atoms with E-state index < -0.39 is 5.91 Å². The Balaban J connectivity index is 2.09. The average molecular weight is 284 g/mol. The number of carbonyl (C=O) groups is 1. The minimum Gasteiger partial charge on any atom is -0.366 e. The molecule has 0 saturated carbocycles. The highest BCUT2D eigenvalue weighted by molar-refractivity contribution is 6.06. The largest absolute Gasteiger partial charge is 0.366 e. The highest BCUT2D eigenvalue weighted by Gasteiger charge is 2.25. The lowest BCUT2D eigenvalue weighted by atomic mass is 9.98. The van der Waals surface area contributed by atoms with Crippen LogP contribution < -0.4 is 16.4 Å². The SMILES string of the molecule is CC1CC(N)CCN1c1cc(C(N)=O)c2ccccc2n1. The molecule has 1 aliphatic heterocycles. The molecule has 1 aromatic carbocycles. The van der Waals surface area contributed by atoms with Gasteiger partial charge >= 0.3 is 0 Å². The van der Waals surface area contributed by atoms with Crippen LogP contribution in [0.15, 0.2) is 30.3 Å². The second-order valence-electron chi connectivity index (χ2n) is 5.74. The average Bonchev–Trinajstić information content (AvgIpc) is 2.46. The van der Waals surface area contributed by atoms with Crippen molar-refractivity contribution in [3.05, 3.63) is 35.9 Å².